The van der Waals surface area contributed by atoms with Crippen molar-refractivity contribution in [1.82, 2.24) is 0 Å². The molecule has 0 fully saturated rings. The van der Waals surface area contributed by atoms with E-state index in [2.05, 4.69) is 50.2 Å². The minimum atomic E-state index is -0.443. The van der Waals surface area contributed by atoms with Crippen molar-refractivity contribution in [2.24, 2.45) is 0 Å². The van der Waals surface area contributed by atoms with Gasteiger partial charge in [0.1, 0.15) is 11.6 Å². The molecule has 1 aliphatic heterocycles. The van der Waals surface area contributed by atoms with Crippen molar-refractivity contribution >= 4 is 35.0 Å². The number of carbonyl (C=O) groups is 1. The van der Waals surface area contributed by atoms with Crippen LogP contribution in [0, 0.1) is 18.3 Å². The molecule has 0 unspecified atom stereocenters. The lowest BCUT2D eigenvalue weighted by atomic mass is 9.80. The average Bonchev–Trinajstić information content (AvgIpc) is 2.66. The van der Waals surface area contributed by atoms with E-state index in [4.69, 9.17) is 11.6 Å². The van der Waals surface area contributed by atoms with Crippen molar-refractivity contribution in [2.75, 3.05) is 17.3 Å². The van der Waals surface area contributed by atoms with Gasteiger partial charge in [0.05, 0.1) is 0 Å². The fourth-order valence-electron chi connectivity index (χ4n) is 3.92. The van der Waals surface area contributed by atoms with E-state index in [1.165, 1.54) is 11.3 Å². The summed E-state index contributed by atoms with van der Waals surface area (Å²) in [4.78, 5) is 14.9. The zero-order chi connectivity index (χ0) is 21.3. The van der Waals surface area contributed by atoms with Crippen molar-refractivity contribution in [3.8, 4) is 6.07 Å². The van der Waals surface area contributed by atoms with Gasteiger partial charge in [-0.2, -0.15) is 5.26 Å². The lowest BCUT2D eigenvalue weighted by Crippen LogP contribution is -2.45. The lowest BCUT2D eigenvalue weighted by Gasteiger charge is -2.45. The number of nitriles is 1. The quantitative estimate of drug-likeness (QED) is 0.507. The number of halogens is 1. The van der Waals surface area contributed by atoms with Gasteiger partial charge >= 0.3 is 0 Å². The molecule has 0 aromatic heterocycles. The summed E-state index contributed by atoms with van der Waals surface area (Å²) in [7, 11) is 2.11. The van der Waals surface area contributed by atoms with Crippen LogP contribution in [0.2, 0.25) is 5.02 Å². The fraction of sp³-hybridized carbons (Fsp3) is 0.333. The predicted molar refractivity (Wildman–Crippen MR) is 120 cm³/mol. The molecule has 2 aromatic carbocycles. The van der Waals surface area contributed by atoms with Gasteiger partial charge in [-0.3, -0.25) is 4.79 Å². The van der Waals surface area contributed by atoms with Crippen LogP contribution in [0.5, 0.6) is 0 Å². The first-order chi connectivity index (χ1) is 13.6. The van der Waals surface area contributed by atoms with Crippen LogP contribution in [0.3, 0.4) is 0 Å². The smallest absolute Gasteiger partial charge is 0.266 e. The van der Waals surface area contributed by atoms with Gasteiger partial charge in [0.2, 0.25) is 0 Å². The van der Waals surface area contributed by atoms with Crippen LogP contribution in [-0.4, -0.2) is 18.5 Å². The van der Waals surface area contributed by atoms with Crippen molar-refractivity contribution in [3.05, 3.63) is 63.7 Å². The summed E-state index contributed by atoms with van der Waals surface area (Å²) in [6.07, 6.45) is 2.69. The number of fused-ring (bicyclic) bond motifs is 1. The zero-order valence-corrected chi connectivity index (χ0v) is 18.3. The van der Waals surface area contributed by atoms with E-state index >= 15 is 0 Å². The Kier molecular flexibility index (Phi) is 5.73. The molecule has 150 valence electrons. The highest BCUT2D eigenvalue weighted by atomic mass is 35.5. The van der Waals surface area contributed by atoms with Crippen LogP contribution >= 0.6 is 11.6 Å². The predicted octanol–water partition coefficient (Wildman–Crippen LogP) is 5.92. The number of carbonyl (C=O) groups excluding carboxylic acids is 1. The summed E-state index contributed by atoms with van der Waals surface area (Å²) in [5, 5.41) is 12.9. The maximum atomic E-state index is 12.6. The van der Waals surface area contributed by atoms with Crippen LogP contribution in [0.15, 0.2) is 42.0 Å². The molecule has 29 heavy (non-hydrogen) atoms. The summed E-state index contributed by atoms with van der Waals surface area (Å²) in [5.41, 5.74) is 4.92. The molecule has 0 radical (unpaired) electrons. The zero-order valence-electron chi connectivity index (χ0n) is 17.5. The summed E-state index contributed by atoms with van der Waals surface area (Å²) in [6, 6.07) is 13.4. The minimum absolute atomic E-state index is 0.0569. The second-order valence-electron chi connectivity index (χ2n) is 8.38. The number of nitrogens with one attached hydrogen (secondary N) is 1. The van der Waals surface area contributed by atoms with Gasteiger partial charge in [-0.25, -0.2) is 0 Å². The fourth-order valence-corrected chi connectivity index (χ4v) is 4.09. The number of hydrogen-bond donors (Lipinski definition) is 1. The Hall–Kier alpha value is -2.77. The molecule has 5 heteroatoms. The molecule has 0 aliphatic carbocycles. The first-order valence-electron chi connectivity index (χ1n) is 9.69. The molecule has 1 aliphatic rings. The lowest BCUT2D eigenvalue weighted by molar-refractivity contribution is -0.112. The van der Waals surface area contributed by atoms with Crippen molar-refractivity contribution in [1.29, 1.82) is 5.26 Å². The van der Waals surface area contributed by atoms with Crippen molar-refractivity contribution < 1.29 is 4.79 Å². The Morgan fingerprint density at radius 2 is 2.03 bits per heavy atom. The molecule has 4 nitrogen and oxygen atoms in total. The van der Waals surface area contributed by atoms with Gasteiger partial charge in [-0.05, 0) is 80.1 Å². The standard InChI is InChI=1S/C24H26ClN3O/c1-15-6-8-19(25)12-21(15)27-23(29)18(14-26)10-17-7-9-22-20(11-17)16(2)13-24(3,4)28(22)5/h6-12,16H,13H2,1-5H3,(H,27,29)/b18-10-/t16-/m1/s1. The Balaban J connectivity index is 1.90. The van der Waals surface area contributed by atoms with E-state index in [1.807, 2.05) is 25.1 Å². The van der Waals surface area contributed by atoms with E-state index in [-0.39, 0.29) is 11.1 Å². The summed E-state index contributed by atoms with van der Waals surface area (Å²) in [5.74, 6) is -0.0418. The third kappa shape index (κ3) is 4.31. The monoisotopic (exact) mass is 407 g/mol. The van der Waals surface area contributed by atoms with Gasteiger partial charge in [0.25, 0.3) is 5.91 Å². The van der Waals surface area contributed by atoms with Gasteiger partial charge in [-0.1, -0.05) is 30.7 Å². The Morgan fingerprint density at radius 3 is 2.72 bits per heavy atom. The van der Waals surface area contributed by atoms with Gasteiger partial charge < -0.3 is 10.2 Å². The molecule has 1 heterocycles. The summed E-state index contributed by atoms with van der Waals surface area (Å²) < 4.78 is 0. The highest BCUT2D eigenvalue weighted by Crippen LogP contribution is 2.42. The molecule has 3 rings (SSSR count). The largest absolute Gasteiger partial charge is 0.369 e. The molecule has 0 saturated heterocycles. The van der Waals surface area contributed by atoms with Crippen molar-refractivity contribution in [2.45, 2.75) is 45.6 Å². The molecular formula is C24H26ClN3O. The number of benzene rings is 2. The maximum absolute atomic E-state index is 12.6. The Labute approximate surface area is 177 Å². The van der Waals surface area contributed by atoms with E-state index < -0.39 is 5.91 Å². The molecule has 0 saturated carbocycles. The Morgan fingerprint density at radius 1 is 1.31 bits per heavy atom. The minimum Gasteiger partial charge on any atom is -0.369 e. The van der Waals surface area contributed by atoms with Crippen molar-refractivity contribution in [3.63, 3.8) is 0 Å². The highest BCUT2D eigenvalue weighted by molar-refractivity contribution is 6.31. The van der Waals surface area contributed by atoms with Crippen LogP contribution in [0.1, 0.15) is 49.8 Å². The Bertz CT molecular complexity index is 1030. The summed E-state index contributed by atoms with van der Waals surface area (Å²) >= 11 is 6.02. The van der Waals surface area contributed by atoms with Crippen LogP contribution in [0.4, 0.5) is 11.4 Å². The first kappa shape index (κ1) is 21.0. The van der Waals surface area contributed by atoms with E-state index in [9.17, 15) is 10.1 Å². The average molecular weight is 408 g/mol. The second kappa shape index (κ2) is 7.93. The van der Waals surface area contributed by atoms with E-state index in [1.54, 1.807) is 18.2 Å². The third-order valence-electron chi connectivity index (χ3n) is 5.78. The molecule has 0 spiro atoms. The molecule has 1 amide bonds. The molecular weight excluding hydrogens is 382 g/mol. The SMILES string of the molecule is Cc1ccc(Cl)cc1NC(=O)/C(C#N)=C\c1ccc2c(c1)[C@H](C)CC(C)(C)N2C. The van der Waals surface area contributed by atoms with Gasteiger partial charge in [-0.15, -0.1) is 0 Å². The topological polar surface area (TPSA) is 56.1 Å². The number of hydrogen-bond acceptors (Lipinski definition) is 3. The molecule has 1 atom stereocenters. The number of rotatable bonds is 3. The van der Waals surface area contributed by atoms with E-state index in [0.29, 0.717) is 16.6 Å². The maximum Gasteiger partial charge on any atom is 0.266 e. The highest BCUT2D eigenvalue weighted by Gasteiger charge is 2.33. The van der Waals surface area contributed by atoms with E-state index in [0.717, 1.165) is 17.5 Å². The third-order valence-corrected chi connectivity index (χ3v) is 6.02. The normalized spacial score (nSPS) is 18.0. The van der Waals surface area contributed by atoms with Crippen LogP contribution in [0.25, 0.3) is 6.08 Å². The number of nitrogens with zero attached hydrogens (tertiary/aromatic N) is 2. The molecule has 2 aromatic rings. The van der Waals surface area contributed by atoms with Gasteiger partial charge in [0, 0.05) is 29.0 Å². The van der Waals surface area contributed by atoms with Crippen LogP contribution < -0.4 is 10.2 Å². The number of aryl methyl sites for hydroxylation is 1. The number of anilines is 2. The number of amides is 1. The van der Waals surface area contributed by atoms with Crippen LogP contribution in [-0.2, 0) is 4.79 Å². The summed E-state index contributed by atoms with van der Waals surface area (Å²) in [6.45, 7) is 8.60. The molecule has 0 bridgehead atoms. The first-order valence-corrected chi connectivity index (χ1v) is 10.1. The molecule has 1 N–H and O–H groups in total. The van der Waals surface area contributed by atoms with Gasteiger partial charge in [0.15, 0.2) is 0 Å². The second-order valence-corrected chi connectivity index (χ2v) is 8.81.